The third-order valence-electron chi connectivity index (χ3n) is 6.14. The Bertz CT molecular complexity index is 1440. The lowest BCUT2D eigenvalue weighted by Crippen LogP contribution is -2.35. The lowest BCUT2D eigenvalue weighted by molar-refractivity contribution is -0.274. The quantitative estimate of drug-likeness (QED) is 0.344. The van der Waals surface area contributed by atoms with Gasteiger partial charge in [0.2, 0.25) is 0 Å². The molecule has 0 aliphatic carbocycles. The van der Waals surface area contributed by atoms with E-state index in [9.17, 15) is 23.1 Å². The Morgan fingerprint density at radius 3 is 2.38 bits per heavy atom. The van der Waals surface area contributed by atoms with Crippen LogP contribution in [0, 0.1) is 0 Å². The Morgan fingerprint density at radius 2 is 1.70 bits per heavy atom. The molecule has 7 nitrogen and oxygen atoms in total. The Morgan fingerprint density at radius 1 is 1.00 bits per heavy atom. The fourth-order valence-corrected chi connectivity index (χ4v) is 4.34. The molecule has 4 aromatic rings. The predicted octanol–water partition coefficient (Wildman–Crippen LogP) is 6.03. The average molecular weight is 509 g/mol. The van der Waals surface area contributed by atoms with Crippen LogP contribution in [0.1, 0.15) is 40.9 Å². The molecule has 2 N–H and O–H groups in total. The van der Waals surface area contributed by atoms with E-state index >= 15 is 0 Å². The topological polar surface area (TPSA) is 91.3 Å². The number of piperidine rings is 1. The number of H-pyrrole nitrogens is 1. The fraction of sp³-hybridized carbons (Fsp3) is 0.222. The summed E-state index contributed by atoms with van der Waals surface area (Å²) >= 11 is 0. The number of hydrogen-bond donors (Lipinski definition) is 2. The van der Waals surface area contributed by atoms with Gasteiger partial charge in [-0.1, -0.05) is 18.2 Å². The number of carbonyl (C=O) groups excluding carboxylic acids is 1. The van der Waals surface area contributed by atoms with Crippen LogP contribution < -0.4 is 4.74 Å². The van der Waals surface area contributed by atoms with E-state index in [1.54, 1.807) is 42.5 Å². The highest BCUT2D eigenvalue weighted by Crippen LogP contribution is 2.30. The molecule has 3 heterocycles. The first kappa shape index (κ1) is 24.4. The van der Waals surface area contributed by atoms with Crippen LogP contribution in [0.2, 0.25) is 0 Å². The molecule has 0 spiro atoms. The first-order valence-electron chi connectivity index (χ1n) is 11.8. The van der Waals surface area contributed by atoms with E-state index in [1.165, 1.54) is 24.3 Å². The molecule has 1 aliphatic heterocycles. The first-order chi connectivity index (χ1) is 17.8. The predicted molar refractivity (Wildman–Crippen MR) is 133 cm³/mol. The zero-order valence-corrected chi connectivity index (χ0v) is 19.6. The smallest absolute Gasteiger partial charge is 0.508 e. The third-order valence-corrected chi connectivity index (χ3v) is 6.14. The van der Waals surface area contributed by atoms with Gasteiger partial charge in [0.1, 0.15) is 11.5 Å². The van der Waals surface area contributed by atoms with Crippen LogP contribution in [0.25, 0.3) is 34.4 Å². The van der Waals surface area contributed by atoms with Crippen molar-refractivity contribution in [3.05, 3.63) is 71.4 Å². The summed E-state index contributed by atoms with van der Waals surface area (Å²) in [6.07, 6.45) is 1.63. The molecule has 1 fully saturated rings. The van der Waals surface area contributed by atoms with Gasteiger partial charge in [0.25, 0.3) is 5.91 Å². The number of rotatable bonds is 5. The first-order valence-corrected chi connectivity index (χ1v) is 11.8. The number of likely N-dealkylation sites (tertiary alicyclic amines) is 1. The highest BCUT2D eigenvalue weighted by Gasteiger charge is 2.31. The number of phenolic OH excluding ortho intramolecular Hbond substituents is 1. The van der Waals surface area contributed by atoms with Crippen molar-refractivity contribution >= 4 is 29.1 Å². The summed E-state index contributed by atoms with van der Waals surface area (Å²) in [5, 5.41) is 17.5. The van der Waals surface area contributed by atoms with Crippen molar-refractivity contribution in [1.82, 2.24) is 20.1 Å². The number of benzene rings is 2. The van der Waals surface area contributed by atoms with E-state index in [2.05, 4.69) is 19.9 Å². The van der Waals surface area contributed by atoms with Crippen LogP contribution in [0.3, 0.4) is 0 Å². The number of halogens is 3. The van der Waals surface area contributed by atoms with Gasteiger partial charge in [-0.25, -0.2) is 4.98 Å². The number of alkyl halides is 3. The minimum Gasteiger partial charge on any atom is -0.508 e. The maximum absolute atomic E-state index is 13.6. The van der Waals surface area contributed by atoms with Gasteiger partial charge in [-0.2, -0.15) is 5.10 Å². The molecule has 10 heteroatoms. The number of amides is 1. The molecule has 0 radical (unpaired) electrons. The number of hydrogen-bond acceptors (Lipinski definition) is 5. The number of aromatic hydroxyl groups is 1. The molecule has 1 amide bonds. The van der Waals surface area contributed by atoms with Crippen LogP contribution in [0.5, 0.6) is 11.5 Å². The number of fused-ring (bicyclic) bond motifs is 1. The molecule has 0 unspecified atom stereocenters. The number of carbonyl (C=O) groups is 1. The van der Waals surface area contributed by atoms with E-state index in [0.29, 0.717) is 46.6 Å². The van der Waals surface area contributed by atoms with E-state index in [0.717, 1.165) is 24.8 Å². The van der Waals surface area contributed by atoms with Gasteiger partial charge in [-0.05, 0) is 73.4 Å². The molecule has 1 saturated heterocycles. The monoisotopic (exact) mass is 508 g/mol. The van der Waals surface area contributed by atoms with Crippen LogP contribution in [-0.2, 0) is 0 Å². The number of ether oxygens (including phenoxy) is 1. The van der Waals surface area contributed by atoms with Gasteiger partial charge in [-0.3, -0.25) is 9.89 Å². The zero-order chi connectivity index (χ0) is 26.0. The van der Waals surface area contributed by atoms with Gasteiger partial charge in [0, 0.05) is 18.7 Å². The van der Waals surface area contributed by atoms with Gasteiger partial charge < -0.3 is 14.7 Å². The number of phenols is 1. The third kappa shape index (κ3) is 5.58. The second kappa shape index (κ2) is 9.96. The van der Waals surface area contributed by atoms with E-state index in [1.807, 2.05) is 4.90 Å². The number of aromatic amines is 1. The fourth-order valence-electron chi connectivity index (χ4n) is 4.34. The second-order valence-corrected chi connectivity index (χ2v) is 8.74. The summed E-state index contributed by atoms with van der Waals surface area (Å²) in [6.45, 7) is 1.35. The summed E-state index contributed by atoms with van der Waals surface area (Å²) in [6, 6.07) is 13.7. The van der Waals surface area contributed by atoms with Crippen molar-refractivity contribution in [2.75, 3.05) is 13.1 Å². The molecule has 190 valence electrons. The molecular formula is C27H23F3N4O3. The lowest BCUT2D eigenvalue weighted by atomic mass is 10.0. The van der Waals surface area contributed by atoms with Crippen LogP contribution in [-0.4, -0.2) is 50.5 Å². The van der Waals surface area contributed by atoms with Crippen LogP contribution in [0.15, 0.2) is 54.6 Å². The van der Waals surface area contributed by atoms with Gasteiger partial charge in [-0.15, -0.1) is 13.2 Å². The molecule has 0 atom stereocenters. The van der Waals surface area contributed by atoms with Crippen LogP contribution >= 0.6 is 0 Å². The minimum atomic E-state index is -4.75. The number of aromatic nitrogens is 3. The molecular weight excluding hydrogens is 485 g/mol. The maximum Gasteiger partial charge on any atom is 0.573 e. The zero-order valence-electron chi connectivity index (χ0n) is 19.6. The summed E-state index contributed by atoms with van der Waals surface area (Å²) in [5.41, 5.74) is 3.28. The molecule has 0 saturated carbocycles. The second-order valence-electron chi connectivity index (χ2n) is 8.74. The molecule has 2 aromatic heterocycles. The van der Waals surface area contributed by atoms with Crippen LogP contribution in [0.4, 0.5) is 13.2 Å². The molecule has 5 rings (SSSR count). The lowest BCUT2D eigenvalue weighted by Gasteiger charge is -2.27. The highest BCUT2D eigenvalue weighted by molar-refractivity contribution is 6.09. The van der Waals surface area contributed by atoms with Gasteiger partial charge in [0.15, 0.2) is 5.65 Å². The standard InChI is InChI=1S/C27H23F3N4O3/c28-27(29,30)37-20-11-4-17(5-12-20)6-13-22-24-21(26(36)34-14-2-1-3-15-34)16-23(31-25(24)33-32-22)18-7-9-19(35)10-8-18/h4-13,16,35H,1-3,14-15H2,(H,31,32,33)/b13-6+. The normalized spacial score (nSPS) is 14.4. The molecule has 2 aromatic carbocycles. The summed E-state index contributed by atoms with van der Waals surface area (Å²) < 4.78 is 41.2. The minimum absolute atomic E-state index is 0.114. The van der Waals surface area contributed by atoms with Crippen molar-refractivity contribution in [3.63, 3.8) is 0 Å². The Hall–Kier alpha value is -4.34. The molecule has 0 bridgehead atoms. The van der Waals surface area contributed by atoms with Crippen molar-refractivity contribution in [1.29, 1.82) is 0 Å². The van der Waals surface area contributed by atoms with E-state index in [4.69, 9.17) is 0 Å². The van der Waals surface area contributed by atoms with Crippen molar-refractivity contribution in [3.8, 4) is 22.8 Å². The Balaban J connectivity index is 1.52. The van der Waals surface area contributed by atoms with Gasteiger partial charge in [0.05, 0.1) is 22.3 Å². The van der Waals surface area contributed by atoms with E-state index < -0.39 is 6.36 Å². The number of nitrogens with one attached hydrogen (secondary N) is 1. The van der Waals surface area contributed by atoms with Crippen molar-refractivity contribution in [2.45, 2.75) is 25.6 Å². The molecule has 1 aliphatic rings. The van der Waals surface area contributed by atoms with Gasteiger partial charge >= 0.3 is 6.36 Å². The summed E-state index contributed by atoms with van der Waals surface area (Å²) in [5.74, 6) is -0.298. The van der Waals surface area contributed by atoms with E-state index in [-0.39, 0.29) is 17.4 Å². The number of pyridine rings is 1. The average Bonchev–Trinajstić information content (AvgIpc) is 3.30. The highest BCUT2D eigenvalue weighted by atomic mass is 19.4. The molecule has 37 heavy (non-hydrogen) atoms. The maximum atomic E-state index is 13.6. The van der Waals surface area contributed by atoms with Crippen molar-refractivity contribution < 1.29 is 27.8 Å². The Kier molecular flexibility index (Phi) is 6.56. The largest absolute Gasteiger partial charge is 0.573 e. The number of nitrogens with zero attached hydrogens (tertiary/aromatic N) is 3. The Labute approximate surface area is 210 Å². The SMILES string of the molecule is O=C(c1cc(-c2ccc(O)cc2)nc2n[nH]c(/C=C/c3ccc(OC(F)(F)F)cc3)c12)N1CCCCC1. The summed E-state index contributed by atoms with van der Waals surface area (Å²) in [7, 11) is 0. The summed E-state index contributed by atoms with van der Waals surface area (Å²) in [4.78, 5) is 20.1. The van der Waals surface area contributed by atoms with Crippen molar-refractivity contribution in [2.24, 2.45) is 0 Å².